The number of nitrogens with zero attached hydrogens (tertiary/aromatic N) is 2. The van der Waals surface area contributed by atoms with Gasteiger partial charge in [-0.15, -0.1) is 11.3 Å². The molecule has 0 saturated carbocycles. The Kier molecular flexibility index (Phi) is 6.35. The van der Waals surface area contributed by atoms with Gasteiger partial charge in [-0.3, -0.25) is 9.59 Å². The molecule has 5 nitrogen and oxygen atoms in total. The lowest BCUT2D eigenvalue weighted by Gasteiger charge is -2.16. The molecule has 0 fully saturated rings. The quantitative estimate of drug-likeness (QED) is 0.550. The van der Waals surface area contributed by atoms with E-state index < -0.39 is 0 Å². The van der Waals surface area contributed by atoms with Crippen LogP contribution in [0.5, 0.6) is 0 Å². The first kappa shape index (κ1) is 18.5. The standard InChI is InChI=1S/C19H20N2O3S2/c1-21(11-14-9-10-25-13-14)18(22)12-24-19(23)8-4-7-17-20-15-5-2-3-6-16(15)26-17/h2-3,5-6,9-10,13H,4,7-8,11-12H2,1H3. The van der Waals surface area contributed by atoms with Crippen LogP contribution in [0.4, 0.5) is 0 Å². The third-order valence-corrected chi connectivity index (χ3v) is 5.72. The molecule has 3 rings (SSSR count). The van der Waals surface area contributed by atoms with Crippen LogP contribution in [0.25, 0.3) is 10.2 Å². The zero-order chi connectivity index (χ0) is 18.4. The summed E-state index contributed by atoms with van der Waals surface area (Å²) in [7, 11) is 1.71. The first-order chi connectivity index (χ1) is 12.6. The van der Waals surface area contributed by atoms with Crippen molar-refractivity contribution >= 4 is 44.8 Å². The lowest BCUT2D eigenvalue weighted by Crippen LogP contribution is -2.30. The second-order valence-electron chi connectivity index (χ2n) is 5.97. The number of amides is 1. The Bertz CT molecular complexity index is 841. The lowest BCUT2D eigenvalue weighted by molar-refractivity contribution is -0.151. The van der Waals surface area contributed by atoms with Crippen molar-refractivity contribution in [1.82, 2.24) is 9.88 Å². The molecular formula is C19H20N2O3S2. The number of carbonyl (C=O) groups excluding carboxylic acids is 2. The molecule has 0 atom stereocenters. The van der Waals surface area contributed by atoms with Crippen LogP contribution in [0.15, 0.2) is 41.1 Å². The van der Waals surface area contributed by atoms with Gasteiger partial charge in [0.1, 0.15) is 0 Å². The first-order valence-corrected chi connectivity index (χ1v) is 10.1. The molecule has 7 heteroatoms. The largest absolute Gasteiger partial charge is 0.456 e. The highest BCUT2D eigenvalue weighted by Crippen LogP contribution is 2.22. The van der Waals surface area contributed by atoms with Crippen molar-refractivity contribution < 1.29 is 14.3 Å². The summed E-state index contributed by atoms with van der Waals surface area (Å²) < 4.78 is 6.25. The van der Waals surface area contributed by atoms with Crippen LogP contribution in [0.3, 0.4) is 0 Å². The van der Waals surface area contributed by atoms with Gasteiger partial charge in [0.2, 0.25) is 0 Å². The van der Waals surface area contributed by atoms with Crippen LogP contribution >= 0.6 is 22.7 Å². The molecule has 26 heavy (non-hydrogen) atoms. The van der Waals surface area contributed by atoms with E-state index in [0.717, 1.165) is 27.2 Å². The molecule has 1 amide bonds. The van der Waals surface area contributed by atoms with Gasteiger partial charge in [0.15, 0.2) is 6.61 Å². The Balaban J connectivity index is 1.36. The number of hydrogen-bond acceptors (Lipinski definition) is 6. The van der Waals surface area contributed by atoms with Crippen molar-refractivity contribution in [3.8, 4) is 0 Å². The van der Waals surface area contributed by atoms with Crippen LogP contribution in [-0.4, -0.2) is 35.4 Å². The van der Waals surface area contributed by atoms with Gasteiger partial charge in [-0.2, -0.15) is 11.3 Å². The summed E-state index contributed by atoms with van der Waals surface area (Å²) >= 11 is 3.24. The number of esters is 1. The topological polar surface area (TPSA) is 59.5 Å². The molecule has 0 radical (unpaired) electrons. The normalized spacial score (nSPS) is 10.8. The smallest absolute Gasteiger partial charge is 0.306 e. The summed E-state index contributed by atoms with van der Waals surface area (Å²) in [5, 5.41) is 4.99. The number of benzene rings is 1. The van der Waals surface area contributed by atoms with Gasteiger partial charge in [0, 0.05) is 20.0 Å². The number of thiophene rings is 1. The second-order valence-corrected chi connectivity index (χ2v) is 7.87. The van der Waals surface area contributed by atoms with Gasteiger partial charge in [-0.1, -0.05) is 12.1 Å². The van der Waals surface area contributed by atoms with Gasteiger partial charge in [0.05, 0.1) is 15.2 Å². The molecule has 0 saturated heterocycles. The van der Waals surface area contributed by atoms with E-state index in [1.165, 1.54) is 0 Å². The van der Waals surface area contributed by atoms with Gasteiger partial charge in [-0.25, -0.2) is 4.98 Å². The first-order valence-electron chi connectivity index (χ1n) is 8.37. The van der Waals surface area contributed by atoms with Gasteiger partial charge >= 0.3 is 5.97 Å². The summed E-state index contributed by atoms with van der Waals surface area (Å²) in [5.41, 5.74) is 2.07. The Hall–Kier alpha value is -2.25. The maximum Gasteiger partial charge on any atom is 0.306 e. The molecule has 136 valence electrons. The summed E-state index contributed by atoms with van der Waals surface area (Å²) in [5.74, 6) is -0.542. The van der Waals surface area contributed by atoms with Crippen LogP contribution in [0.2, 0.25) is 0 Å². The number of likely N-dealkylation sites (N-methyl/N-ethyl adjacent to an activating group) is 1. The summed E-state index contributed by atoms with van der Waals surface area (Å²) in [6.07, 6.45) is 1.69. The Morgan fingerprint density at radius 3 is 2.85 bits per heavy atom. The Labute approximate surface area is 160 Å². The predicted octanol–water partition coefficient (Wildman–Crippen LogP) is 3.88. The number of aromatic nitrogens is 1. The van der Waals surface area contributed by atoms with E-state index in [4.69, 9.17) is 4.74 Å². The minimum absolute atomic E-state index is 0.198. The SMILES string of the molecule is CN(Cc1ccsc1)C(=O)COC(=O)CCCc1nc2ccccc2s1. The molecule has 0 spiro atoms. The van der Waals surface area contributed by atoms with Crippen molar-refractivity contribution in [3.05, 3.63) is 51.7 Å². The number of rotatable bonds is 8. The summed E-state index contributed by atoms with van der Waals surface area (Å²) in [4.78, 5) is 30.0. The van der Waals surface area contributed by atoms with Crippen molar-refractivity contribution in [3.63, 3.8) is 0 Å². The molecule has 1 aromatic carbocycles. The zero-order valence-corrected chi connectivity index (χ0v) is 16.1. The highest BCUT2D eigenvalue weighted by atomic mass is 32.1. The molecule has 2 aromatic heterocycles. The number of thiazole rings is 1. The molecule has 0 N–H and O–H groups in total. The third kappa shape index (κ3) is 5.12. The molecule has 0 bridgehead atoms. The molecule has 0 aliphatic heterocycles. The number of para-hydroxylation sites is 1. The number of carbonyl (C=O) groups is 2. The fourth-order valence-electron chi connectivity index (χ4n) is 2.48. The van der Waals surface area contributed by atoms with Crippen LogP contribution < -0.4 is 0 Å². The van der Waals surface area contributed by atoms with E-state index in [2.05, 4.69) is 4.98 Å². The van der Waals surface area contributed by atoms with Crippen molar-refractivity contribution in [2.24, 2.45) is 0 Å². The van der Waals surface area contributed by atoms with E-state index in [9.17, 15) is 9.59 Å². The van der Waals surface area contributed by atoms with Gasteiger partial charge in [-0.05, 0) is 47.4 Å². The molecule has 0 aliphatic carbocycles. The van der Waals surface area contributed by atoms with Crippen LogP contribution in [0, 0.1) is 0 Å². The molecule has 0 unspecified atom stereocenters. The third-order valence-electron chi connectivity index (χ3n) is 3.89. The number of aryl methyl sites for hydroxylation is 1. The van der Waals surface area contributed by atoms with Crippen molar-refractivity contribution in [2.75, 3.05) is 13.7 Å². The number of fused-ring (bicyclic) bond motifs is 1. The zero-order valence-electron chi connectivity index (χ0n) is 14.5. The van der Waals surface area contributed by atoms with Crippen LogP contribution in [-0.2, 0) is 27.3 Å². The molecule has 2 heterocycles. The van der Waals surface area contributed by atoms with E-state index in [1.54, 1.807) is 34.6 Å². The summed E-state index contributed by atoms with van der Waals surface area (Å²) in [6, 6.07) is 9.97. The van der Waals surface area contributed by atoms with E-state index in [1.807, 2.05) is 41.1 Å². The minimum atomic E-state index is -0.344. The predicted molar refractivity (Wildman–Crippen MR) is 104 cm³/mol. The van der Waals surface area contributed by atoms with Crippen molar-refractivity contribution in [2.45, 2.75) is 25.8 Å². The summed E-state index contributed by atoms with van der Waals surface area (Å²) in [6.45, 7) is 0.318. The second kappa shape index (κ2) is 8.91. The number of ether oxygens (including phenoxy) is 1. The minimum Gasteiger partial charge on any atom is -0.456 e. The van der Waals surface area contributed by atoms with Gasteiger partial charge < -0.3 is 9.64 Å². The molecule has 0 aliphatic rings. The fraction of sp³-hybridized carbons (Fsp3) is 0.316. The Morgan fingerprint density at radius 1 is 1.23 bits per heavy atom. The van der Waals surface area contributed by atoms with E-state index in [0.29, 0.717) is 13.0 Å². The maximum atomic E-state index is 12.0. The van der Waals surface area contributed by atoms with E-state index >= 15 is 0 Å². The van der Waals surface area contributed by atoms with Crippen molar-refractivity contribution in [1.29, 1.82) is 0 Å². The van der Waals surface area contributed by atoms with Gasteiger partial charge in [0.25, 0.3) is 5.91 Å². The highest BCUT2D eigenvalue weighted by Gasteiger charge is 2.13. The monoisotopic (exact) mass is 388 g/mol. The number of hydrogen-bond donors (Lipinski definition) is 0. The molecule has 3 aromatic rings. The van der Waals surface area contributed by atoms with E-state index in [-0.39, 0.29) is 24.9 Å². The fourth-order valence-corrected chi connectivity index (χ4v) is 4.15. The lowest BCUT2D eigenvalue weighted by atomic mass is 10.2. The van der Waals surface area contributed by atoms with Crippen LogP contribution in [0.1, 0.15) is 23.4 Å². The Morgan fingerprint density at radius 2 is 2.08 bits per heavy atom. The highest BCUT2D eigenvalue weighted by molar-refractivity contribution is 7.18. The molecular weight excluding hydrogens is 368 g/mol. The average Bonchev–Trinajstić information content (AvgIpc) is 3.28. The maximum absolute atomic E-state index is 12.0. The average molecular weight is 389 g/mol.